The molecule has 0 fully saturated rings. The van der Waals surface area contributed by atoms with Gasteiger partial charge >= 0.3 is 130 Å². The molecule has 1 heteroatoms. The molecule has 0 aromatic heterocycles. The van der Waals surface area contributed by atoms with Crippen LogP contribution in [-0.2, 0) is 21.8 Å². The van der Waals surface area contributed by atoms with Gasteiger partial charge in [-0.1, -0.05) is 0 Å². The zero-order chi connectivity index (χ0) is 13.9. The van der Waals surface area contributed by atoms with Crippen molar-refractivity contribution in [2.45, 2.75) is 20.3 Å². The third-order valence-corrected chi connectivity index (χ3v) is 10.6. The van der Waals surface area contributed by atoms with Gasteiger partial charge in [-0.25, -0.2) is 0 Å². The summed E-state index contributed by atoms with van der Waals surface area (Å²) in [6, 6.07) is 18.3. The zero-order valence-electron chi connectivity index (χ0n) is 12.1. The average molecular weight is 339 g/mol. The van der Waals surface area contributed by atoms with Crippen LogP contribution in [-0.4, -0.2) is 0 Å². The van der Waals surface area contributed by atoms with Crippen molar-refractivity contribution in [3.8, 4) is 0 Å². The molecule has 3 rings (SSSR count). The molecule has 0 aliphatic heterocycles. The van der Waals surface area contributed by atoms with Gasteiger partial charge in [-0.05, 0) is 0 Å². The first-order chi connectivity index (χ1) is 9.74. The molecule has 2 aromatic carbocycles. The van der Waals surface area contributed by atoms with E-state index in [4.69, 9.17) is 0 Å². The van der Waals surface area contributed by atoms with Crippen LogP contribution in [0, 0.1) is 13.8 Å². The van der Waals surface area contributed by atoms with Crippen molar-refractivity contribution in [3.63, 3.8) is 0 Å². The van der Waals surface area contributed by atoms with Crippen LogP contribution in [0.4, 0.5) is 0 Å². The summed E-state index contributed by atoms with van der Waals surface area (Å²) in [5.74, 6) is 0. The Labute approximate surface area is 129 Å². The van der Waals surface area contributed by atoms with Crippen LogP contribution in [0.3, 0.4) is 0 Å². The fourth-order valence-electron chi connectivity index (χ4n) is 2.77. The number of aryl methyl sites for hydroxylation is 2. The molecule has 0 heterocycles. The maximum atomic E-state index is 2.40. The van der Waals surface area contributed by atoms with Crippen LogP contribution >= 0.6 is 0 Å². The van der Waals surface area contributed by atoms with E-state index in [-0.39, 0.29) is 0 Å². The molecular formula is C19H19Zr. The molecular weight excluding hydrogens is 319 g/mol. The molecule has 0 saturated carbocycles. The van der Waals surface area contributed by atoms with E-state index in [9.17, 15) is 0 Å². The Bertz CT molecular complexity index is 634. The third kappa shape index (κ3) is 2.94. The molecule has 20 heavy (non-hydrogen) atoms. The summed E-state index contributed by atoms with van der Waals surface area (Å²) < 4.78 is 4.87. The van der Waals surface area contributed by atoms with Gasteiger partial charge in [0.1, 0.15) is 0 Å². The van der Waals surface area contributed by atoms with Gasteiger partial charge in [-0.15, -0.1) is 0 Å². The second-order valence-corrected chi connectivity index (χ2v) is 11.7. The van der Waals surface area contributed by atoms with E-state index >= 15 is 0 Å². The Balaban J connectivity index is 2.09. The van der Waals surface area contributed by atoms with Crippen LogP contribution in [0.1, 0.15) is 17.5 Å². The normalized spacial score (nSPS) is 13.4. The van der Waals surface area contributed by atoms with Crippen molar-refractivity contribution in [1.82, 2.24) is 0 Å². The van der Waals surface area contributed by atoms with E-state index < -0.39 is 21.8 Å². The van der Waals surface area contributed by atoms with E-state index in [1.807, 2.05) is 0 Å². The SMILES string of the molecule is Cc1ccc[c]([Zr]([C]2=CC=CC2)[c]2cccc(C)c2)c1. The first kappa shape index (κ1) is 13.8. The monoisotopic (exact) mass is 337 g/mol. The fraction of sp³-hybridized carbons (Fsp3) is 0.158. The minimum absolute atomic E-state index is 1.15. The molecule has 99 valence electrons. The minimum atomic E-state index is -1.94. The van der Waals surface area contributed by atoms with E-state index in [0.717, 1.165) is 6.42 Å². The summed E-state index contributed by atoms with van der Waals surface area (Å²) in [6.07, 6.45) is 8.03. The second-order valence-electron chi connectivity index (χ2n) is 5.44. The standard InChI is InChI=1S/2C7H7.C5H5.Zr/c2*1-7-5-3-2-4-6-7;1-2-4-5-3-1;/h2*2-3,5-6H,1H3;1-3H,4H2;. The number of hydrogen-bond acceptors (Lipinski definition) is 0. The molecule has 2 aromatic rings. The molecule has 0 spiro atoms. The van der Waals surface area contributed by atoms with Gasteiger partial charge in [0.2, 0.25) is 0 Å². The third-order valence-electron chi connectivity index (χ3n) is 3.71. The first-order valence-electron chi connectivity index (χ1n) is 7.11. The Morgan fingerprint density at radius 3 is 1.90 bits per heavy atom. The number of hydrogen-bond donors (Lipinski definition) is 0. The molecule has 0 unspecified atom stereocenters. The molecule has 1 aliphatic rings. The van der Waals surface area contributed by atoms with Crippen molar-refractivity contribution in [2.75, 3.05) is 0 Å². The molecule has 0 amide bonds. The predicted molar refractivity (Wildman–Crippen MR) is 83.5 cm³/mol. The molecule has 0 radical (unpaired) electrons. The van der Waals surface area contributed by atoms with Gasteiger partial charge in [0, 0.05) is 0 Å². The van der Waals surface area contributed by atoms with Crippen molar-refractivity contribution in [2.24, 2.45) is 0 Å². The van der Waals surface area contributed by atoms with Gasteiger partial charge in [-0.3, -0.25) is 0 Å². The number of rotatable bonds is 3. The zero-order valence-corrected chi connectivity index (χ0v) is 14.5. The predicted octanol–water partition coefficient (Wildman–Crippen LogP) is 3.72. The van der Waals surface area contributed by atoms with Crippen LogP contribution < -0.4 is 6.54 Å². The van der Waals surface area contributed by atoms with Gasteiger partial charge in [-0.2, -0.15) is 0 Å². The van der Waals surface area contributed by atoms with Crippen LogP contribution in [0.5, 0.6) is 0 Å². The Morgan fingerprint density at radius 1 is 0.850 bits per heavy atom. The van der Waals surface area contributed by atoms with Gasteiger partial charge in [0.05, 0.1) is 0 Å². The quantitative estimate of drug-likeness (QED) is 0.800. The molecule has 0 atom stereocenters. The number of allylic oxidation sites excluding steroid dienone is 4. The van der Waals surface area contributed by atoms with E-state index in [1.54, 1.807) is 9.82 Å². The fourth-order valence-corrected chi connectivity index (χ4v) is 9.97. The van der Waals surface area contributed by atoms with E-state index in [0.29, 0.717) is 0 Å². The Morgan fingerprint density at radius 2 is 1.45 bits per heavy atom. The average Bonchev–Trinajstić information content (AvgIpc) is 2.93. The Hall–Kier alpha value is -1.20. The second kappa shape index (κ2) is 6.06. The summed E-state index contributed by atoms with van der Waals surface area (Å²) in [4.78, 5) is 0. The molecule has 0 nitrogen and oxygen atoms in total. The van der Waals surface area contributed by atoms with Gasteiger partial charge < -0.3 is 0 Å². The van der Waals surface area contributed by atoms with Crippen molar-refractivity contribution >= 4 is 6.54 Å². The van der Waals surface area contributed by atoms with E-state index in [1.165, 1.54) is 11.1 Å². The van der Waals surface area contributed by atoms with Crippen LogP contribution in [0.2, 0.25) is 0 Å². The number of benzene rings is 2. The molecule has 0 saturated heterocycles. The van der Waals surface area contributed by atoms with Crippen LogP contribution in [0.15, 0.2) is 70.0 Å². The van der Waals surface area contributed by atoms with Gasteiger partial charge in [0.25, 0.3) is 0 Å². The molecule has 1 aliphatic carbocycles. The maximum absolute atomic E-state index is 2.40. The summed E-state index contributed by atoms with van der Waals surface area (Å²) in [5, 5.41) is 0. The molecule has 0 N–H and O–H groups in total. The van der Waals surface area contributed by atoms with Crippen molar-refractivity contribution < 1.29 is 21.8 Å². The van der Waals surface area contributed by atoms with Crippen molar-refractivity contribution in [1.29, 1.82) is 0 Å². The van der Waals surface area contributed by atoms with Gasteiger partial charge in [0.15, 0.2) is 0 Å². The summed E-state index contributed by atoms with van der Waals surface area (Å²) >= 11 is -1.94. The Kier molecular flexibility index (Phi) is 4.17. The van der Waals surface area contributed by atoms with Crippen molar-refractivity contribution in [3.05, 3.63) is 81.2 Å². The first-order valence-corrected chi connectivity index (χ1v) is 10.8. The summed E-state index contributed by atoms with van der Waals surface area (Å²) in [5.41, 5.74) is 2.75. The molecule has 0 bridgehead atoms. The summed E-state index contributed by atoms with van der Waals surface area (Å²) in [7, 11) is 0. The van der Waals surface area contributed by atoms with Crippen LogP contribution in [0.25, 0.3) is 0 Å². The van der Waals surface area contributed by atoms with E-state index in [2.05, 4.69) is 80.6 Å². The summed E-state index contributed by atoms with van der Waals surface area (Å²) in [6.45, 7) is 4.39. The topological polar surface area (TPSA) is 0 Å².